The van der Waals surface area contributed by atoms with Crippen molar-refractivity contribution in [2.24, 2.45) is 0 Å². The Hall–Kier alpha value is -3.46. The molecule has 0 aliphatic heterocycles. The van der Waals surface area contributed by atoms with Crippen LogP contribution in [0.25, 0.3) is 21.9 Å². The van der Waals surface area contributed by atoms with Gasteiger partial charge in [0.25, 0.3) is 5.69 Å². The summed E-state index contributed by atoms with van der Waals surface area (Å²) < 4.78 is 0. The van der Waals surface area contributed by atoms with Crippen molar-refractivity contribution in [2.75, 3.05) is 0 Å². The number of hydrogen-bond donors (Lipinski definition) is 0. The second-order valence-electron chi connectivity index (χ2n) is 6.73. The number of hydrogen-bond acceptors (Lipinski definition) is 2. The SMILES string of the molecule is Cc1c(Cc2ccccc2)ccc(-c2ccc3ccccc3c2)c1[N+](=O)[O-]. The zero-order valence-electron chi connectivity index (χ0n) is 15.1. The summed E-state index contributed by atoms with van der Waals surface area (Å²) in [7, 11) is 0. The lowest BCUT2D eigenvalue weighted by Crippen LogP contribution is -2.00. The van der Waals surface area contributed by atoms with Crippen LogP contribution < -0.4 is 0 Å². The molecule has 4 aromatic rings. The van der Waals surface area contributed by atoms with E-state index in [2.05, 4.69) is 0 Å². The number of fused-ring (bicyclic) bond motifs is 1. The first-order valence-electron chi connectivity index (χ1n) is 8.93. The Bertz CT molecular complexity index is 1130. The standard InChI is InChI=1S/C24H19NO2/c1-17-20(15-18-7-3-2-4-8-18)13-14-23(24(17)25(26)27)22-12-11-19-9-5-6-10-21(19)16-22/h2-14,16H,15H2,1H3. The average Bonchev–Trinajstić information content (AvgIpc) is 2.69. The van der Waals surface area contributed by atoms with Crippen LogP contribution in [0.2, 0.25) is 0 Å². The molecule has 3 heteroatoms. The van der Waals surface area contributed by atoms with Gasteiger partial charge in [-0.25, -0.2) is 0 Å². The summed E-state index contributed by atoms with van der Waals surface area (Å²) in [6.07, 6.45) is 0.686. The van der Waals surface area contributed by atoms with E-state index in [1.807, 2.05) is 91.9 Å². The summed E-state index contributed by atoms with van der Waals surface area (Å²) >= 11 is 0. The van der Waals surface area contributed by atoms with Crippen LogP contribution in [0.4, 0.5) is 5.69 Å². The molecule has 0 saturated heterocycles. The molecule has 0 radical (unpaired) electrons. The summed E-state index contributed by atoms with van der Waals surface area (Å²) in [6, 6.07) is 28.0. The van der Waals surface area contributed by atoms with Gasteiger partial charge in [-0.05, 0) is 52.9 Å². The molecule has 0 atom stereocenters. The van der Waals surface area contributed by atoms with Crippen molar-refractivity contribution in [3.05, 3.63) is 112 Å². The lowest BCUT2D eigenvalue weighted by molar-refractivity contribution is -0.384. The molecule has 3 nitrogen and oxygen atoms in total. The van der Waals surface area contributed by atoms with Gasteiger partial charge in [0.1, 0.15) is 0 Å². The third-order valence-corrected chi connectivity index (χ3v) is 5.02. The molecule has 0 heterocycles. The van der Waals surface area contributed by atoms with Crippen molar-refractivity contribution in [1.82, 2.24) is 0 Å². The third-order valence-electron chi connectivity index (χ3n) is 5.02. The molecule has 0 spiro atoms. The number of nitro groups is 1. The molecule has 27 heavy (non-hydrogen) atoms. The Balaban J connectivity index is 1.83. The molecule has 0 N–H and O–H groups in total. The Kier molecular flexibility index (Phi) is 4.43. The molecular formula is C24H19NO2. The van der Waals surface area contributed by atoms with Gasteiger partial charge < -0.3 is 0 Å². The molecule has 0 fully saturated rings. The summed E-state index contributed by atoms with van der Waals surface area (Å²) in [5, 5.41) is 14.1. The molecule has 4 aromatic carbocycles. The molecule has 0 aromatic heterocycles. The molecule has 0 bridgehead atoms. The topological polar surface area (TPSA) is 43.1 Å². The first-order valence-corrected chi connectivity index (χ1v) is 8.93. The van der Waals surface area contributed by atoms with Gasteiger partial charge in [-0.3, -0.25) is 10.1 Å². The maximum absolute atomic E-state index is 11.9. The van der Waals surface area contributed by atoms with E-state index in [1.54, 1.807) is 0 Å². The van der Waals surface area contributed by atoms with Crippen molar-refractivity contribution in [2.45, 2.75) is 13.3 Å². The maximum atomic E-state index is 11.9. The van der Waals surface area contributed by atoms with Gasteiger partial charge in [0, 0.05) is 5.56 Å². The van der Waals surface area contributed by atoms with Crippen LogP contribution in [0.15, 0.2) is 84.9 Å². The summed E-state index contributed by atoms with van der Waals surface area (Å²) in [5.74, 6) is 0. The fourth-order valence-corrected chi connectivity index (χ4v) is 3.57. The van der Waals surface area contributed by atoms with Crippen LogP contribution in [0, 0.1) is 17.0 Å². The van der Waals surface area contributed by atoms with Crippen LogP contribution in [-0.4, -0.2) is 4.92 Å². The lowest BCUT2D eigenvalue weighted by Gasteiger charge is -2.12. The largest absolute Gasteiger partial charge is 0.280 e. The van der Waals surface area contributed by atoms with E-state index in [4.69, 9.17) is 0 Å². The fraction of sp³-hybridized carbons (Fsp3) is 0.0833. The second-order valence-corrected chi connectivity index (χ2v) is 6.73. The Morgan fingerprint density at radius 2 is 1.52 bits per heavy atom. The second kappa shape index (κ2) is 7.04. The number of nitrogens with zero attached hydrogens (tertiary/aromatic N) is 1. The van der Waals surface area contributed by atoms with Crippen molar-refractivity contribution in [3.8, 4) is 11.1 Å². The molecule has 132 valence electrons. The number of rotatable bonds is 4. The lowest BCUT2D eigenvalue weighted by atomic mass is 9.93. The molecule has 0 aliphatic carbocycles. The summed E-state index contributed by atoms with van der Waals surface area (Å²) in [5.41, 5.74) is 4.59. The molecule has 0 aliphatic rings. The minimum Gasteiger partial charge on any atom is -0.258 e. The minimum atomic E-state index is -0.256. The van der Waals surface area contributed by atoms with Gasteiger partial charge in [-0.1, -0.05) is 72.8 Å². The minimum absolute atomic E-state index is 0.193. The number of benzene rings is 4. The van der Waals surface area contributed by atoms with Gasteiger partial charge in [-0.15, -0.1) is 0 Å². The predicted molar refractivity (Wildman–Crippen MR) is 110 cm³/mol. The van der Waals surface area contributed by atoms with Crippen LogP contribution >= 0.6 is 0 Å². The van der Waals surface area contributed by atoms with Gasteiger partial charge in [-0.2, -0.15) is 0 Å². The molecule has 4 rings (SSSR count). The van der Waals surface area contributed by atoms with Gasteiger partial charge in [0.05, 0.1) is 10.5 Å². The normalized spacial score (nSPS) is 10.9. The predicted octanol–water partition coefficient (Wildman–Crippen LogP) is 6.31. The van der Waals surface area contributed by atoms with Crippen molar-refractivity contribution in [3.63, 3.8) is 0 Å². The van der Waals surface area contributed by atoms with E-state index in [-0.39, 0.29) is 10.6 Å². The number of nitro benzene ring substituents is 1. The zero-order valence-corrected chi connectivity index (χ0v) is 15.1. The first kappa shape index (κ1) is 17.0. The van der Waals surface area contributed by atoms with E-state index in [9.17, 15) is 10.1 Å². The summed E-state index contributed by atoms with van der Waals surface area (Å²) in [6.45, 7) is 1.85. The van der Waals surface area contributed by atoms with Crippen LogP contribution in [0.1, 0.15) is 16.7 Å². The zero-order chi connectivity index (χ0) is 18.8. The van der Waals surface area contributed by atoms with E-state index in [0.717, 1.165) is 33.0 Å². The monoisotopic (exact) mass is 353 g/mol. The maximum Gasteiger partial charge on any atom is 0.280 e. The van der Waals surface area contributed by atoms with Crippen molar-refractivity contribution in [1.29, 1.82) is 0 Å². The van der Waals surface area contributed by atoms with E-state index in [0.29, 0.717) is 12.0 Å². The van der Waals surface area contributed by atoms with Gasteiger partial charge in [0.15, 0.2) is 0 Å². The van der Waals surface area contributed by atoms with Crippen molar-refractivity contribution < 1.29 is 4.92 Å². The van der Waals surface area contributed by atoms with E-state index >= 15 is 0 Å². The van der Waals surface area contributed by atoms with Crippen molar-refractivity contribution >= 4 is 16.5 Å². The highest BCUT2D eigenvalue weighted by Gasteiger charge is 2.21. The van der Waals surface area contributed by atoms with Crippen LogP contribution in [0.3, 0.4) is 0 Å². The Labute approximate surface area is 158 Å². The fourth-order valence-electron chi connectivity index (χ4n) is 3.57. The molecule has 0 unspecified atom stereocenters. The average molecular weight is 353 g/mol. The Morgan fingerprint density at radius 1 is 0.815 bits per heavy atom. The van der Waals surface area contributed by atoms with Gasteiger partial charge in [0.2, 0.25) is 0 Å². The smallest absolute Gasteiger partial charge is 0.258 e. The van der Waals surface area contributed by atoms with E-state index in [1.165, 1.54) is 0 Å². The van der Waals surface area contributed by atoms with Gasteiger partial charge >= 0.3 is 0 Å². The highest BCUT2D eigenvalue weighted by Crippen LogP contribution is 2.36. The molecule has 0 saturated carbocycles. The third kappa shape index (κ3) is 3.32. The highest BCUT2D eigenvalue weighted by molar-refractivity contribution is 5.89. The highest BCUT2D eigenvalue weighted by atomic mass is 16.6. The van der Waals surface area contributed by atoms with Crippen LogP contribution in [0.5, 0.6) is 0 Å². The van der Waals surface area contributed by atoms with Crippen LogP contribution in [-0.2, 0) is 6.42 Å². The quantitative estimate of drug-likeness (QED) is 0.318. The summed E-state index contributed by atoms with van der Waals surface area (Å²) in [4.78, 5) is 11.6. The first-order chi connectivity index (χ1) is 13.1. The molecule has 0 amide bonds. The molecular weight excluding hydrogens is 334 g/mol. The Morgan fingerprint density at radius 3 is 2.26 bits per heavy atom. The van der Waals surface area contributed by atoms with E-state index < -0.39 is 0 Å².